The van der Waals surface area contributed by atoms with Crippen LogP contribution in [0.15, 0.2) is 18.2 Å². The van der Waals surface area contributed by atoms with Gasteiger partial charge in [-0.05, 0) is 32.0 Å². The molecule has 0 unspecified atom stereocenters. The summed E-state index contributed by atoms with van der Waals surface area (Å²) in [5.41, 5.74) is 0.817. The fourth-order valence-electron chi connectivity index (χ4n) is 1.46. The first-order valence-electron chi connectivity index (χ1n) is 5.53. The number of ether oxygens (including phenoxy) is 1. The summed E-state index contributed by atoms with van der Waals surface area (Å²) in [5, 5.41) is 0.612. The molecule has 0 aromatic heterocycles. The van der Waals surface area contributed by atoms with Crippen LogP contribution >= 0.6 is 11.6 Å². The van der Waals surface area contributed by atoms with Crippen LogP contribution in [0.2, 0.25) is 5.02 Å². The second kappa shape index (κ2) is 5.92. The highest BCUT2D eigenvalue weighted by Gasteiger charge is 2.15. The van der Waals surface area contributed by atoms with E-state index in [1.54, 1.807) is 37.3 Å². The van der Waals surface area contributed by atoms with Gasteiger partial charge in [0.1, 0.15) is 5.75 Å². The third-order valence-corrected chi connectivity index (χ3v) is 2.99. The molecular weight excluding hydrogens is 238 g/mol. The Morgan fingerprint density at radius 2 is 2.12 bits per heavy atom. The van der Waals surface area contributed by atoms with Crippen molar-refractivity contribution in [3.63, 3.8) is 0 Å². The maximum Gasteiger partial charge on any atom is 0.227 e. The van der Waals surface area contributed by atoms with Gasteiger partial charge in [-0.15, -0.1) is 0 Å². The van der Waals surface area contributed by atoms with Crippen LogP contribution in [0.3, 0.4) is 0 Å². The zero-order valence-electron chi connectivity index (χ0n) is 10.7. The normalized spacial score (nSPS) is 10.5. The first-order chi connectivity index (χ1) is 7.95. The molecular formula is C13H18ClNO2. The van der Waals surface area contributed by atoms with Crippen molar-refractivity contribution < 1.29 is 9.53 Å². The van der Waals surface area contributed by atoms with Crippen LogP contribution in [-0.4, -0.2) is 31.0 Å². The zero-order valence-corrected chi connectivity index (χ0v) is 11.4. The molecule has 0 saturated carbocycles. The number of methoxy groups -OCH3 is 1. The lowest BCUT2D eigenvalue weighted by atomic mass is 10.1. The highest BCUT2D eigenvalue weighted by atomic mass is 35.5. The number of benzene rings is 1. The molecule has 0 spiro atoms. The largest absolute Gasteiger partial charge is 0.496 e. The van der Waals surface area contributed by atoms with Crippen molar-refractivity contribution in [3.8, 4) is 5.75 Å². The van der Waals surface area contributed by atoms with E-state index in [2.05, 4.69) is 0 Å². The molecule has 0 fully saturated rings. The number of rotatable bonds is 4. The maximum atomic E-state index is 12.0. The summed E-state index contributed by atoms with van der Waals surface area (Å²) in [6, 6.07) is 5.49. The average molecular weight is 256 g/mol. The second-order valence-electron chi connectivity index (χ2n) is 4.23. The molecule has 0 atom stereocenters. The minimum Gasteiger partial charge on any atom is -0.496 e. The predicted molar refractivity (Wildman–Crippen MR) is 69.6 cm³/mol. The topological polar surface area (TPSA) is 29.5 Å². The molecule has 0 aliphatic carbocycles. The second-order valence-corrected chi connectivity index (χ2v) is 4.67. The summed E-state index contributed by atoms with van der Waals surface area (Å²) in [4.78, 5) is 13.7. The summed E-state index contributed by atoms with van der Waals surface area (Å²) >= 11 is 5.92. The van der Waals surface area contributed by atoms with Gasteiger partial charge in [-0.2, -0.15) is 0 Å². The van der Waals surface area contributed by atoms with Crippen LogP contribution in [0.4, 0.5) is 0 Å². The van der Waals surface area contributed by atoms with E-state index in [1.807, 2.05) is 13.8 Å². The Morgan fingerprint density at radius 3 is 2.65 bits per heavy atom. The molecule has 0 aliphatic heterocycles. The lowest BCUT2D eigenvalue weighted by Gasteiger charge is -2.22. The zero-order chi connectivity index (χ0) is 13.0. The van der Waals surface area contributed by atoms with E-state index in [0.717, 1.165) is 5.56 Å². The SMILES string of the molecule is COc1ccc(Cl)cc1CC(=O)N(C)C(C)C. The van der Waals surface area contributed by atoms with Crippen molar-refractivity contribution >= 4 is 17.5 Å². The Bertz CT molecular complexity index is 404. The average Bonchev–Trinajstić information content (AvgIpc) is 2.28. The molecule has 4 heteroatoms. The monoisotopic (exact) mass is 255 g/mol. The molecule has 0 radical (unpaired) electrons. The number of amides is 1. The van der Waals surface area contributed by atoms with Gasteiger partial charge in [0.2, 0.25) is 5.91 Å². The summed E-state index contributed by atoms with van der Waals surface area (Å²) in [5.74, 6) is 0.750. The van der Waals surface area contributed by atoms with Crippen molar-refractivity contribution in [1.82, 2.24) is 4.90 Å². The quantitative estimate of drug-likeness (QED) is 0.828. The van der Waals surface area contributed by atoms with Crippen molar-refractivity contribution in [3.05, 3.63) is 28.8 Å². The van der Waals surface area contributed by atoms with Gasteiger partial charge in [0.15, 0.2) is 0 Å². The number of hydrogen-bond acceptors (Lipinski definition) is 2. The summed E-state index contributed by atoms with van der Waals surface area (Å²) < 4.78 is 5.21. The number of hydrogen-bond donors (Lipinski definition) is 0. The number of carbonyl (C=O) groups excluding carboxylic acids is 1. The molecule has 0 saturated heterocycles. The summed E-state index contributed by atoms with van der Waals surface area (Å²) in [6.45, 7) is 3.96. The van der Waals surface area contributed by atoms with Crippen molar-refractivity contribution in [2.75, 3.05) is 14.2 Å². The van der Waals surface area contributed by atoms with Crippen LogP contribution in [-0.2, 0) is 11.2 Å². The van der Waals surface area contributed by atoms with Crippen molar-refractivity contribution in [2.24, 2.45) is 0 Å². The predicted octanol–water partition coefficient (Wildman–Crippen LogP) is 2.76. The highest BCUT2D eigenvalue weighted by Crippen LogP contribution is 2.23. The first kappa shape index (κ1) is 13.8. The minimum absolute atomic E-state index is 0.0561. The standard InChI is InChI=1S/C13H18ClNO2/c1-9(2)15(3)13(16)8-10-7-11(14)5-6-12(10)17-4/h5-7,9H,8H2,1-4H3. The molecule has 1 aromatic rings. The van der Waals surface area contributed by atoms with Gasteiger partial charge >= 0.3 is 0 Å². The third-order valence-electron chi connectivity index (χ3n) is 2.75. The van der Waals surface area contributed by atoms with Gasteiger partial charge in [0.25, 0.3) is 0 Å². The van der Waals surface area contributed by atoms with Crippen LogP contribution in [0.5, 0.6) is 5.75 Å². The van der Waals surface area contributed by atoms with E-state index in [-0.39, 0.29) is 11.9 Å². The smallest absolute Gasteiger partial charge is 0.227 e. The van der Waals surface area contributed by atoms with Gasteiger partial charge in [-0.1, -0.05) is 11.6 Å². The Morgan fingerprint density at radius 1 is 1.47 bits per heavy atom. The van der Waals surface area contributed by atoms with Crippen LogP contribution < -0.4 is 4.74 Å². The lowest BCUT2D eigenvalue weighted by molar-refractivity contribution is -0.130. The van der Waals surface area contributed by atoms with Crippen molar-refractivity contribution in [1.29, 1.82) is 0 Å². The third kappa shape index (κ3) is 3.63. The number of nitrogens with zero attached hydrogens (tertiary/aromatic N) is 1. The van der Waals surface area contributed by atoms with Gasteiger partial charge in [-0.3, -0.25) is 4.79 Å². The van der Waals surface area contributed by atoms with Gasteiger partial charge < -0.3 is 9.64 Å². The molecule has 0 bridgehead atoms. The van der Waals surface area contributed by atoms with Crippen LogP contribution in [0.25, 0.3) is 0 Å². The highest BCUT2D eigenvalue weighted by molar-refractivity contribution is 6.30. The van der Waals surface area contributed by atoms with E-state index >= 15 is 0 Å². The molecule has 1 amide bonds. The van der Waals surface area contributed by atoms with E-state index in [9.17, 15) is 4.79 Å². The molecule has 3 nitrogen and oxygen atoms in total. The number of likely N-dealkylation sites (N-methyl/N-ethyl adjacent to an activating group) is 1. The van der Waals surface area contributed by atoms with E-state index < -0.39 is 0 Å². The van der Waals surface area contributed by atoms with Gasteiger partial charge in [-0.25, -0.2) is 0 Å². The van der Waals surface area contributed by atoms with Crippen molar-refractivity contribution in [2.45, 2.75) is 26.3 Å². The Labute approximate surface area is 107 Å². The number of carbonyl (C=O) groups is 1. The van der Waals surface area contributed by atoms with Gasteiger partial charge in [0.05, 0.1) is 13.5 Å². The molecule has 1 rings (SSSR count). The summed E-state index contributed by atoms with van der Waals surface area (Å²) in [7, 11) is 3.38. The molecule has 0 aliphatic rings. The Kier molecular flexibility index (Phi) is 4.82. The minimum atomic E-state index is 0.0561. The van der Waals surface area contributed by atoms with E-state index in [1.165, 1.54) is 0 Å². The van der Waals surface area contributed by atoms with Crippen LogP contribution in [0, 0.1) is 0 Å². The Hall–Kier alpha value is -1.22. The fraction of sp³-hybridized carbons (Fsp3) is 0.462. The Balaban J connectivity index is 2.87. The molecule has 1 aromatic carbocycles. The first-order valence-corrected chi connectivity index (χ1v) is 5.91. The number of halogens is 1. The molecule has 0 heterocycles. The molecule has 0 N–H and O–H groups in total. The molecule has 94 valence electrons. The molecule has 17 heavy (non-hydrogen) atoms. The lowest BCUT2D eigenvalue weighted by Crippen LogP contribution is -2.34. The van der Waals surface area contributed by atoms with Gasteiger partial charge in [0, 0.05) is 23.7 Å². The van der Waals surface area contributed by atoms with Crippen LogP contribution in [0.1, 0.15) is 19.4 Å². The van der Waals surface area contributed by atoms with E-state index in [0.29, 0.717) is 17.2 Å². The summed E-state index contributed by atoms with van der Waals surface area (Å²) in [6.07, 6.45) is 0.304. The fourth-order valence-corrected chi connectivity index (χ4v) is 1.66. The van der Waals surface area contributed by atoms with E-state index in [4.69, 9.17) is 16.3 Å². The maximum absolute atomic E-state index is 12.0.